The molecule has 0 fully saturated rings. The summed E-state index contributed by atoms with van der Waals surface area (Å²) >= 11 is 0. The van der Waals surface area contributed by atoms with Crippen LogP contribution in [-0.4, -0.2) is 34.0 Å². The summed E-state index contributed by atoms with van der Waals surface area (Å²) in [6, 6.07) is 14.5. The predicted octanol–water partition coefficient (Wildman–Crippen LogP) is 2.87. The number of carbonyl (C=O) groups is 3. The van der Waals surface area contributed by atoms with Crippen molar-refractivity contribution >= 4 is 29.1 Å². The van der Waals surface area contributed by atoms with E-state index in [-0.39, 0.29) is 23.1 Å². The molecule has 1 aromatic heterocycles. The maximum atomic E-state index is 13.1. The minimum absolute atomic E-state index is 0.0656. The highest BCUT2D eigenvalue weighted by Crippen LogP contribution is 2.33. The molecule has 3 amide bonds. The summed E-state index contributed by atoms with van der Waals surface area (Å²) in [7, 11) is 0. The molecule has 7 nitrogen and oxygen atoms in total. The van der Waals surface area contributed by atoms with E-state index in [1.807, 2.05) is 31.2 Å². The Morgan fingerprint density at radius 2 is 1.55 bits per heavy atom. The van der Waals surface area contributed by atoms with E-state index in [2.05, 4.69) is 10.2 Å². The van der Waals surface area contributed by atoms with E-state index >= 15 is 0 Å². The van der Waals surface area contributed by atoms with E-state index in [1.165, 1.54) is 12.4 Å². The number of hydrogen-bond acceptors (Lipinski definition) is 5. The Bertz CT molecular complexity index is 1140. The molecule has 29 heavy (non-hydrogen) atoms. The molecule has 0 spiro atoms. The van der Waals surface area contributed by atoms with Crippen molar-refractivity contribution < 1.29 is 14.4 Å². The van der Waals surface area contributed by atoms with Crippen molar-refractivity contribution in [2.75, 3.05) is 9.80 Å². The van der Waals surface area contributed by atoms with Gasteiger partial charge in [-0.05, 0) is 49.2 Å². The normalized spacial score (nSPS) is 17.5. The average Bonchev–Trinajstić information content (AvgIpc) is 3.21. The lowest BCUT2D eigenvalue weighted by atomic mass is 10.1. The number of nitrogens with zero attached hydrogens (tertiary/aromatic N) is 4. The van der Waals surface area contributed by atoms with Crippen LogP contribution in [0.4, 0.5) is 11.4 Å². The van der Waals surface area contributed by atoms with Crippen LogP contribution in [0.3, 0.4) is 0 Å². The third kappa shape index (κ3) is 2.55. The van der Waals surface area contributed by atoms with Crippen LogP contribution >= 0.6 is 0 Å². The van der Waals surface area contributed by atoms with Gasteiger partial charge in [0.2, 0.25) is 0 Å². The lowest BCUT2D eigenvalue weighted by Gasteiger charge is -2.23. The maximum Gasteiger partial charge on any atom is 0.267 e. The van der Waals surface area contributed by atoms with Gasteiger partial charge in [-0.1, -0.05) is 18.2 Å². The van der Waals surface area contributed by atoms with Gasteiger partial charge in [0.15, 0.2) is 0 Å². The second-order valence-corrected chi connectivity index (χ2v) is 7.17. The van der Waals surface area contributed by atoms with Crippen molar-refractivity contribution in [3.63, 3.8) is 0 Å². The molecule has 0 saturated heterocycles. The van der Waals surface area contributed by atoms with E-state index in [0.29, 0.717) is 11.3 Å². The van der Waals surface area contributed by atoms with E-state index in [4.69, 9.17) is 0 Å². The van der Waals surface area contributed by atoms with Crippen LogP contribution in [-0.2, 0) is 6.42 Å². The Balaban J connectivity index is 1.44. The first-order chi connectivity index (χ1) is 14.1. The Labute approximate surface area is 166 Å². The summed E-state index contributed by atoms with van der Waals surface area (Å²) in [5.74, 6) is -0.994. The highest BCUT2D eigenvalue weighted by Gasteiger charge is 2.37. The van der Waals surface area contributed by atoms with Gasteiger partial charge in [-0.2, -0.15) is 10.2 Å². The Morgan fingerprint density at radius 1 is 0.931 bits per heavy atom. The van der Waals surface area contributed by atoms with Gasteiger partial charge in [0.25, 0.3) is 17.7 Å². The van der Waals surface area contributed by atoms with Crippen molar-refractivity contribution in [3.8, 4) is 0 Å². The number of hydrogen-bond donors (Lipinski definition) is 0. The summed E-state index contributed by atoms with van der Waals surface area (Å²) in [5, 5.41) is 7.35. The molecule has 2 aliphatic rings. The molecule has 2 aromatic carbocycles. The van der Waals surface area contributed by atoms with Crippen LogP contribution in [0.25, 0.3) is 0 Å². The summed E-state index contributed by atoms with van der Waals surface area (Å²) in [6.07, 6.45) is 3.40. The lowest BCUT2D eigenvalue weighted by molar-refractivity contribution is 0.0924. The van der Waals surface area contributed by atoms with Gasteiger partial charge < -0.3 is 4.90 Å². The molecule has 2 aliphatic heterocycles. The maximum absolute atomic E-state index is 13.1. The number of benzene rings is 2. The van der Waals surface area contributed by atoms with E-state index in [1.54, 1.807) is 29.2 Å². The predicted molar refractivity (Wildman–Crippen MR) is 106 cm³/mol. The first-order valence-electron chi connectivity index (χ1n) is 9.27. The summed E-state index contributed by atoms with van der Waals surface area (Å²) in [4.78, 5) is 41.2. The van der Waals surface area contributed by atoms with Gasteiger partial charge in [0.1, 0.15) is 0 Å². The van der Waals surface area contributed by atoms with Crippen LogP contribution in [0.2, 0.25) is 0 Å². The average molecular weight is 384 g/mol. The second-order valence-electron chi connectivity index (χ2n) is 7.17. The zero-order valence-electron chi connectivity index (χ0n) is 15.6. The standard InChI is InChI=1S/C22H16N4O3/c1-13-10-15-4-2-3-5-19(15)25(13)20(27)14-6-8-16(9-7-14)26-21(28)17-11-23-24-12-18(17)22(26)29/h2-9,11-13H,10H2,1H3/t13-/m0/s1. The van der Waals surface area contributed by atoms with Crippen molar-refractivity contribution in [1.29, 1.82) is 0 Å². The van der Waals surface area contributed by atoms with Crippen molar-refractivity contribution in [2.45, 2.75) is 19.4 Å². The quantitative estimate of drug-likeness (QED) is 0.635. The molecule has 0 N–H and O–H groups in total. The van der Waals surface area contributed by atoms with Gasteiger partial charge in [0.05, 0.1) is 29.2 Å². The van der Waals surface area contributed by atoms with Crippen molar-refractivity contribution in [2.24, 2.45) is 0 Å². The van der Waals surface area contributed by atoms with Gasteiger partial charge in [0, 0.05) is 17.3 Å². The van der Waals surface area contributed by atoms with Crippen molar-refractivity contribution in [1.82, 2.24) is 10.2 Å². The first kappa shape index (κ1) is 17.2. The molecule has 0 bridgehead atoms. The fourth-order valence-corrected chi connectivity index (χ4v) is 4.00. The van der Waals surface area contributed by atoms with Crippen LogP contribution in [0, 0.1) is 0 Å². The number of amides is 3. The molecule has 3 aromatic rings. The van der Waals surface area contributed by atoms with Crippen molar-refractivity contribution in [3.05, 3.63) is 83.2 Å². The number of imide groups is 1. The molecule has 0 aliphatic carbocycles. The van der Waals surface area contributed by atoms with Gasteiger partial charge in [-0.3, -0.25) is 14.4 Å². The fraction of sp³-hybridized carbons (Fsp3) is 0.136. The third-order valence-electron chi connectivity index (χ3n) is 5.40. The Morgan fingerprint density at radius 3 is 2.21 bits per heavy atom. The fourth-order valence-electron chi connectivity index (χ4n) is 4.00. The molecule has 3 heterocycles. The van der Waals surface area contributed by atoms with Gasteiger partial charge in [-0.15, -0.1) is 0 Å². The van der Waals surface area contributed by atoms with Gasteiger partial charge in [-0.25, -0.2) is 4.90 Å². The number of para-hydroxylation sites is 1. The summed E-state index contributed by atoms with van der Waals surface area (Å²) in [5.41, 5.74) is 3.44. The van der Waals surface area contributed by atoms with Crippen LogP contribution in [0.1, 0.15) is 43.6 Å². The number of fused-ring (bicyclic) bond motifs is 2. The molecule has 7 heteroatoms. The molecule has 5 rings (SSSR count). The topological polar surface area (TPSA) is 83.5 Å². The second kappa shape index (κ2) is 6.34. The minimum Gasteiger partial charge on any atom is -0.305 e. The highest BCUT2D eigenvalue weighted by atomic mass is 16.2. The largest absolute Gasteiger partial charge is 0.305 e. The SMILES string of the molecule is C[C@H]1Cc2ccccc2N1C(=O)c1ccc(N2C(=O)c3cnncc3C2=O)cc1. The number of rotatable bonds is 2. The molecule has 142 valence electrons. The summed E-state index contributed by atoms with van der Waals surface area (Å²) < 4.78 is 0. The van der Waals surface area contributed by atoms with E-state index < -0.39 is 11.8 Å². The van der Waals surface area contributed by atoms with E-state index in [0.717, 1.165) is 22.6 Å². The monoisotopic (exact) mass is 384 g/mol. The van der Waals surface area contributed by atoms with Gasteiger partial charge >= 0.3 is 0 Å². The molecule has 0 saturated carbocycles. The third-order valence-corrected chi connectivity index (χ3v) is 5.40. The first-order valence-corrected chi connectivity index (χ1v) is 9.27. The zero-order valence-corrected chi connectivity index (χ0v) is 15.6. The molecule has 0 radical (unpaired) electrons. The Kier molecular flexibility index (Phi) is 3.77. The van der Waals surface area contributed by atoms with E-state index in [9.17, 15) is 14.4 Å². The number of aromatic nitrogens is 2. The molecular weight excluding hydrogens is 368 g/mol. The molecular formula is C22H16N4O3. The lowest BCUT2D eigenvalue weighted by Crippen LogP contribution is -2.35. The molecule has 1 atom stereocenters. The highest BCUT2D eigenvalue weighted by molar-refractivity contribution is 6.34. The van der Waals surface area contributed by atoms with Crippen LogP contribution < -0.4 is 9.80 Å². The minimum atomic E-state index is -0.443. The zero-order chi connectivity index (χ0) is 20.1. The van der Waals surface area contributed by atoms with Crippen LogP contribution in [0.15, 0.2) is 60.9 Å². The number of anilines is 2. The smallest absolute Gasteiger partial charge is 0.267 e. The summed E-state index contributed by atoms with van der Waals surface area (Å²) in [6.45, 7) is 2.02. The molecule has 0 unspecified atom stereocenters. The Hall–Kier alpha value is -3.87. The van der Waals surface area contributed by atoms with Crippen LogP contribution in [0.5, 0.6) is 0 Å². The number of carbonyl (C=O) groups excluding carboxylic acids is 3.